The zero-order chi connectivity index (χ0) is 14.3. The van der Waals surface area contributed by atoms with Gasteiger partial charge in [-0.05, 0) is 25.5 Å². The van der Waals surface area contributed by atoms with Crippen molar-refractivity contribution in [1.29, 1.82) is 0 Å². The number of hydrogen-bond donors (Lipinski definition) is 2. The van der Waals surface area contributed by atoms with Gasteiger partial charge in [-0.15, -0.1) is 11.3 Å². The highest BCUT2D eigenvalue weighted by Crippen LogP contribution is 2.34. The van der Waals surface area contributed by atoms with Gasteiger partial charge in [0.15, 0.2) is 0 Å². The highest BCUT2D eigenvalue weighted by Gasteiger charge is 2.29. The van der Waals surface area contributed by atoms with E-state index in [4.69, 9.17) is 10.8 Å². The van der Waals surface area contributed by atoms with Crippen LogP contribution in [-0.2, 0) is 0 Å². The molecular weight excluding hydrogens is 274 g/mol. The van der Waals surface area contributed by atoms with Crippen LogP contribution in [0.4, 0.5) is 5.69 Å². The van der Waals surface area contributed by atoms with Gasteiger partial charge >= 0.3 is 0 Å². The van der Waals surface area contributed by atoms with Gasteiger partial charge in [-0.3, -0.25) is 4.79 Å². The van der Waals surface area contributed by atoms with E-state index in [-0.39, 0.29) is 18.4 Å². The van der Waals surface area contributed by atoms with E-state index in [1.54, 1.807) is 4.90 Å². The summed E-state index contributed by atoms with van der Waals surface area (Å²) >= 11 is 1.35. The Morgan fingerprint density at radius 2 is 2.40 bits per heavy atom. The summed E-state index contributed by atoms with van der Waals surface area (Å²) in [5.41, 5.74) is 7.54. The molecule has 3 heterocycles. The summed E-state index contributed by atoms with van der Waals surface area (Å²) in [7, 11) is 0. The summed E-state index contributed by atoms with van der Waals surface area (Å²) in [4.78, 5) is 20.1. The number of carbonyl (C=O) groups excluding carboxylic acids is 1. The lowest BCUT2D eigenvalue weighted by Crippen LogP contribution is -2.29. The summed E-state index contributed by atoms with van der Waals surface area (Å²) in [5, 5.41) is 10.0. The van der Waals surface area contributed by atoms with Gasteiger partial charge in [-0.1, -0.05) is 0 Å². The van der Waals surface area contributed by atoms with Gasteiger partial charge in [0.25, 0.3) is 5.91 Å². The third kappa shape index (κ3) is 2.14. The van der Waals surface area contributed by atoms with E-state index in [0.717, 1.165) is 22.3 Å². The quantitative estimate of drug-likeness (QED) is 0.881. The first-order valence-corrected chi connectivity index (χ1v) is 7.47. The number of anilines is 1. The number of fused-ring (bicyclic) bond motifs is 1. The van der Waals surface area contributed by atoms with Gasteiger partial charge in [0.2, 0.25) is 0 Å². The van der Waals surface area contributed by atoms with Crippen LogP contribution in [0.25, 0.3) is 10.2 Å². The first-order chi connectivity index (χ1) is 9.60. The fraction of sp³-hybridized carbons (Fsp3) is 0.429. The minimum Gasteiger partial charge on any atom is -0.397 e. The standard InChI is InChI=1S/C14H17N3O2S/c1-8-2-3-10-11(15)12(20-13(10)16-8)14(19)17-5-4-9(6-17)7-18/h2-3,9,18H,4-7,15H2,1H3. The second kappa shape index (κ2) is 5.03. The number of hydrogen-bond acceptors (Lipinski definition) is 5. The van der Waals surface area contributed by atoms with Crippen molar-refractivity contribution >= 4 is 33.1 Å². The molecule has 5 nitrogen and oxygen atoms in total. The molecule has 0 radical (unpaired) electrons. The molecule has 2 aromatic heterocycles. The number of rotatable bonds is 2. The fourth-order valence-electron chi connectivity index (χ4n) is 2.56. The number of aryl methyl sites for hydroxylation is 1. The number of likely N-dealkylation sites (tertiary alicyclic amines) is 1. The molecule has 1 aliphatic rings. The van der Waals surface area contributed by atoms with Crippen molar-refractivity contribution < 1.29 is 9.90 Å². The molecule has 20 heavy (non-hydrogen) atoms. The molecule has 3 rings (SSSR count). The average Bonchev–Trinajstić information content (AvgIpc) is 3.03. The predicted octanol–water partition coefficient (Wildman–Crippen LogP) is 1.64. The Morgan fingerprint density at radius 1 is 1.60 bits per heavy atom. The minimum atomic E-state index is -0.0425. The zero-order valence-corrected chi connectivity index (χ0v) is 12.1. The Labute approximate surface area is 121 Å². The van der Waals surface area contributed by atoms with Crippen molar-refractivity contribution in [2.24, 2.45) is 5.92 Å². The minimum absolute atomic E-state index is 0.0425. The second-order valence-corrected chi connectivity index (χ2v) is 6.24. The van der Waals surface area contributed by atoms with Crippen LogP contribution >= 0.6 is 11.3 Å². The Bertz CT molecular complexity index is 668. The largest absolute Gasteiger partial charge is 0.397 e. The Balaban J connectivity index is 1.94. The summed E-state index contributed by atoms with van der Waals surface area (Å²) in [6.45, 7) is 3.34. The molecular formula is C14H17N3O2S. The van der Waals surface area contributed by atoms with E-state index < -0.39 is 0 Å². The van der Waals surface area contributed by atoms with Gasteiger partial charge in [0.05, 0.1) is 5.69 Å². The summed E-state index contributed by atoms with van der Waals surface area (Å²) in [5.74, 6) is 0.147. The van der Waals surface area contributed by atoms with E-state index in [1.165, 1.54) is 11.3 Å². The Hall–Kier alpha value is -1.66. The van der Waals surface area contributed by atoms with Gasteiger partial charge in [0.1, 0.15) is 9.71 Å². The molecule has 0 aromatic carbocycles. The van der Waals surface area contributed by atoms with Crippen LogP contribution in [0.15, 0.2) is 12.1 Å². The first-order valence-electron chi connectivity index (χ1n) is 6.66. The van der Waals surface area contributed by atoms with Crippen molar-refractivity contribution in [3.05, 3.63) is 22.7 Å². The molecule has 1 fully saturated rings. The number of nitrogens with zero attached hydrogens (tertiary/aromatic N) is 2. The van der Waals surface area contributed by atoms with Gasteiger partial charge in [-0.25, -0.2) is 4.98 Å². The van der Waals surface area contributed by atoms with Crippen molar-refractivity contribution in [3.8, 4) is 0 Å². The number of pyridine rings is 1. The number of carbonyl (C=O) groups is 1. The van der Waals surface area contributed by atoms with Crippen molar-refractivity contribution in [3.63, 3.8) is 0 Å². The van der Waals surface area contributed by atoms with E-state index in [0.29, 0.717) is 23.7 Å². The van der Waals surface area contributed by atoms with Crippen LogP contribution in [-0.4, -0.2) is 40.6 Å². The van der Waals surface area contributed by atoms with E-state index >= 15 is 0 Å². The molecule has 1 atom stereocenters. The molecule has 0 spiro atoms. The van der Waals surface area contributed by atoms with Crippen LogP contribution in [0, 0.1) is 12.8 Å². The van der Waals surface area contributed by atoms with Crippen LogP contribution < -0.4 is 5.73 Å². The van der Waals surface area contributed by atoms with Crippen molar-refractivity contribution in [1.82, 2.24) is 9.88 Å². The maximum absolute atomic E-state index is 12.5. The second-order valence-electron chi connectivity index (χ2n) is 5.24. The maximum Gasteiger partial charge on any atom is 0.266 e. The molecule has 0 saturated carbocycles. The first kappa shape index (κ1) is 13.3. The molecule has 3 N–H and O–H groups in total. The third-order valence-electron chi connectivity index (χ3n) is 3.76. The number of aliphatic hydroxyl groups is 1. The number of nitrogen functional groups attached to an aromatic ring is 1. The molecule has 0 aliphatic carbocycles. The molecule has 2 aromatic rings. The van der Waals surface area contributed by atoms with E-state index in [9.17, 15) is 4.79 Å². The van der Waals surface area contributed by atoms with Crippen LogP contribution in [0.5, 0.6) is 0 Å². The maximum atomic E-state index is 12.5. The van der Waals surface area contributed by atoms with Crippen molar-refractivity contribution in [2.75, 3.05) is 25.4 Å². The van der Waals surface area contributed by atoms with Gasteiger partial charge in [0, 0.05) is 36.7 Å². The number of amides is 1. The summed E-state index contributed by atoms with van der Waals surface area (Å²) in [6, 6.07) is 3.82. The fourth-order valence-corrected chi connectivity index (χ4v) is 3.67. The topological polar surface area (TPSA) is 79.5 Å². The third-order valence-corrected chi connectivity index (χ3v) is 4.86. The molecule has 1 saturated heterocycles. The SMILES string of the molecule is Cc1ccc2c(N)c(C(=O)N3CCC(CO)C3)sc2n1. The van der Waals surface area contributed by atoms with Crippen LogP contribution in [0.3, 0.4) is 0 Å². The number of aliphatic hydroxyl groups excluding tert-OH is 1. The van der Waals surface area contributed by atoms with Gasteiger partial charge in [-0.2, -0.15) is 0 Å². The number of thiophene rings is 1. The number of aromatic nitrogens is 1. The van der Waals surface area contributed by atoms with Crippen LogP contribution in [0.1, 0.15) is 21.8 Å². The normalized spacial score (nSPS) is 18.9. The zero-order valence-electron chi connectivity index (χ0n) is 11.3. The predicted molar refractivity (Wildman–Crippen MR) is 79.9 cm³/mol. The molecule has 6 heteroatoms. The lowest BCUT2D eigenvalue weighted by Gasteiger charge is -2.15. The summed E-state index contributed by atoms with van der Waals surface area (Å²) < 4.78 is 0. The monoisotopic (exact) mass is 291 g/mol. The van der Waals surface area contributed by atoms with E-state index in [1.807, 2.05) is 19.1 Å². The average molecular weight is 291 g/mol. The van der Waals surface area contributed by atoms with Crippen molar-refractivity contribution in [2.45, 2.75) is 13.3 Å². The lowest BCUT2D eigenvalue weighted by molar-refractivity contribution is 0.0787. The highest BCUT2D eigenvalue weighted by atomic mass is 32.1. The number of nitrogens with two attached hydrogens (primary N) is 1. The van der Waals surface area contributed by atoms with Gasteiger partial charge < -0.3 is 15.7 Å². The van der Waals surface area contributed by atoms with Crippen LogP contribution in [0.2, 0.25) is 0 Å². The lowest BCUT2D eigenvalue weighted by atomic mass is 10.1. The Morgan fingerprint density at radius 3 is 3.10 bits per heavy atom. The molecule has 0 bridgehead atoms. The molecule has 1 unspecified atom stereocenters. The van der Waals surface area contributed by atoms with E-state index in [2.05, 4.69) is 4.98 Å². The molecule has 106 valence electrons. The smallest absolute Gasteiger partial charge is 0.266 e. The molecule has 1 amide bonds. The highest BCUT2D eigenvalue weighted by molar-refractivity contribution is 7.21. The Kier molecular flexibility index (Phi) is 3.35. The summed E-state index contributed by atoms with van der Waals surface area (Å²) in [6.07, 6.45) is 0.852. The molecule has 1 aliphatic heterocycles.